The standard InChI is InChI=1S/C22H23ClN2O2S/c1-27-20-18-10-7-16(23)13-19(18)28-21(20)22(26)24-14-15-5-8-17(9-6-15)25-11-3-2-4-12-25/h5-10,13H,2-4,11-12,14H2,1H3,(H,24,26). The van der Waals surface area contributed by atoms with Gasteiger partial charge in [0, 0.05) is 40.4 Å². The second-order valence-electron chi connectivity index (χ2n) is 7.00. The average molecular weight is 415 g/mol. The Hall–Kier alpha value is -2.24. The van der Waals surface area contributed by atoms with Crippen molar-refractivity contribution in [1.29, 1.82) is 0 Å². The highest BCUT2D eigenvalue weighted by molar-refractivity contribution is 7.21. The molecule has 1 amide bonds. The molecule has 3 aromatic rings. The molecule has 1 aliphatic rings. The fourth-order valence-corrected chi connectivity index (χ4v) is 5.00. The first kappa shape index (κ1) is 19.1. The number of methoxy groups -OCH3 is 1. The number of nitrogens with zero attached hydrogens (tertiary/aromatic N) is 1. The van der Waals surface area contributed by atoms with Crippen LogP contribution >= 0.6 is 22.9 Å². The van der Waals surface area contributed by atoms with Gasteiger partial charge in [0.2, 0.25) is 0 Å². The summed E-state index contributed by atoms with van der Waals surface area (Å²) >= 11 is 7.47. The first-order chi connectivity index (χ1) is 13.7. The van der Waals surface area contributed by atoms with E-state index in [1.165, 1.54) is 36.3 Å². The van der Waals surface area contributed by atoms with E-state index in [0.29, 0.717) is 22.2 Å². The van der Waals surface area contributed by atoms with Crippen LogP contribution in [0.5, 0.6) is 5.75 Å². The van der Waals surface area contributed by atoms with Crippen molar-refractivity contribution < 1.29 is 9.53 Å². The van der Waals surface area contributed by atoms with Gasteiger partial charge in [-0.3, -0.25) is 4.79 Å². The summed E-state index contributed by atoms with van der Waals surface area (Å²) < 4.78 is 6.44. The van der Waals surface area contributed by atoms with Crippen LogP contribution in [-0.2, 0) is 6.54 Å². The highest BCUT2D eigenvalue weighted by Crippen LogP contribution is 2.38. The third-order valence-corrected chi connectivity index (χ3v) is 6.50. The van der Waals surface area contributed by atoms with Crippen molar-refractivity contribution in [3.05, 3.63) is 57.9 Å². The lowest BCUT2D eigenvalue weighted by Gasteiger charge is -2.28. The maximum absolute atomic E-state index is 12.7. The first-order valence-electron chi connectivity index (χ1n) is 9.54. The van der Waals surface area contributed by atoms with Gasteiger partial charge in [-0.25, -0.2) is 0 Å². The Morgan fingerprint density at radius 2 is 1.89 bits per heavy atom. The number of carbonyl (C=O) groups is 1. The van der Waals surface area contributed by atoms with Gasteiger partial charge < -0.3 is 15.0 Å². The Bertz CT molecular complexity index is 978. The zero-order chi connectivity index (χ0) is 19.5. The summed E-state index contributed by atoms with van der Waals surface area (Å²) in [6.45, 7) is 2.74. The van der Waals surface area contributed by atoms with Gasteiger partial charge in [-0.2, -0.15) is 0 Å². The number of piperidine rings is 1. The van der Waals surface area contributed by atoms with Crippen molar-refractivity contribution in [2.24, 2.45) is 0 Å². The van der Waals surface area contributed by atoms with Gasteiger partial charge in [0.25, 0.3) is 5.91 Å². The van der Waals surface area contributed by atoms with Gasteiger partial charge in [0.05, 0.1) is 7.11 Å². The minimum absolute atomic E-state index is 0.130. The van der Waals surface area contributed by atoms with Crippen molar-refractivity contribution in [3.8, 4) is 5.75 Å². The molecule has 6 heteroatoms. The molecule has 146 valence electrons. The average Bonchev–Trinajstić information content (AvgIpc) is 3.10. The molecular weight excluding hydrogens is 392 g/mol. The summed E-state index contributed by atoms with van der Waals surface area (Å²) in [5.74, 6) is 0.476. The molecule has 28 heavy (non-hydrogen) atoms. The van der Waals surface area contributed by atoms with E-state index in [1.807, 2.05) is 18.2 Å². The molecule has 1 aliphatic heterocycles. The molecular formula is C22H23ClN2O2S. The molecule has 0 unspecified atom stereocenters. The van der Waals surface area contributed by atoms with Crippen molar-refractivity contribution in [3.63, 3.8) is 0 Å². The van der Waals surface area contributed by atoms with Gasteiger partial charge >= 0.3 is 0 Å². The van der Waals surface area contributed by atoms with E-state index in [9.17, 15) is 4.79 Å². The van der Waals surface area contributed by atoms with Crippen LogP contribution in [0.4, 0.5) is 5.69 Å². The largest absolute Gasteiger partial charge is 0.494 e. The van der Waals surface area contributed by atoms with Gasteiger partial charge in [-0.05, 0) is 55.2 Å². The van der Waals surface area contributed by atoms with Crippen LogP contribution in [0, 0.1) is 0 Å². The van der Waals surface area contributed by atoms with Crippen LogP contribution in [0.3, 0.4) is 0 Å². The van der Waals surface area contributed by atoms with E-state index in [0.717, 1.165) is 28.7 Å². The summed E-state index contributed by atoms with van der Waals surface area (Å²) in [6, 6.07) is 14.0. The maximum atomic E-state index is 12.7. The predicted octanol–water partition coefficient (Wildman–Crippen LogP) is 5.48. The summed E-state index contributed by atoms with van der Waals surface area (Å²) in [5, 5.41) is 4.57. The Balaban J connectivity index is 1.45. The number of hydrogen-bond acceptors (Lipinski definition) is 4. The molecule has 4 rings (SSSR count). The number of fused-ring (bicyclic) bond motifs is 1. The number of amides is 1. The van der Waals surface area contributed by atoms with E-state index in [1.54, 1.807) is 7.11 Å². The second kappa shape index (κ2) is 8.41. The van der Waals surface area contributed by atoms with E-state index in [-0.39, 0.29) is 5.91 Å². The van der Waals surface area contributed by atoms with Crippen molar-refractivity contribution >= 4 is 44.6 Å². The summed E-state index contributed by atoms with van der Waals surface area (Å²) in [4.78, 5) is 15.7. The quantitative estimate of drug-likeness (QED) is 0.600. The number of rotatable bonds is 5. The fourth-order valence-electron chi connectivity index (χ4n) is 3.64. The van der Waals surface area contributed by atoms with Gasteiger partial charge in [0.1, 0.15) is 10.6 Å². The lowest BCUT2D eigenvalue weighted by molar-refractivity contribution is 0.0952. The van der Waals surface area contributed by atoms with Crippen LogP contribution in [-0.4, -0.2) is 26.1 Å². The molecule has 0 bridgehead atoms. The molecule has 1 aromatic heterocycles. The molecule has 1 N–H and O–H groups in total. The van der Waals surface area contributed by atoms with E-state index >= 15 is 0 Å². The van der Waals surface area contributed by atoms with Crippen LogP contribution in [0.2, 0.25) is 5.02 Å². The van der Waals surface area contributed by atoms with Crippen LogP contribution in [0.1, 0.15) is 34.5 Å². The number of thiophene rings is 1. The normalized spacial score (nSPS) is 14.3. The van der Waals surface area contributed by atoms with E-state index in [4.69, 9.17) is 16.3 Å². The molecule has 2 heterocycles. The Kier molecular flexibility index (Phi) is 5.74. The highest BCUT2D eigenvalue weighted by atomic mass is 35.5. The van der Waals surface area contributed by atoms with Crippen LogP contribution < -0.4 is 15.0 Å². The minimum Gasteiger partial charge on any atom is -0.494 e. The number of benzene rings is 2. The second-order valence-corrected chi connectivity index (χ2v) is 8.49. The number of ether oxygens (including phenoxy) is 1. The van der Waals surface area contributed by atoms with Crippen molar-refractivity contribution in [1.82, 2.24) is 5.32 Å². The Morgan fingerprint density at radius 3 is 2.61 bits per heavy atom. The molecule has 1 saturated heterocycles. The molecule has 2 aromatic carbocycles. The molecule has 0 saturated carbocycles. The molecule has 0 radical (unpaired) electrons. The van der Waals surface area contributed by atoms with E-state index < -0.39 is 0 Å². The van der Waals surface area contributed by atoms with Crippen molar-refractivity contribution in [2.45, 2.75) is 25.8 Å². The molecule has 1 fully saturated rings. The zero-order valence-electron chi connectivity index (χ0n) is 15.8. The number of nitrogens with one attached hydrogen (secondary N) is 1. The molecule has 0 spiro atoms. The smallest absolute Gasteiger partial charge is 0.265 e. The lowest BCUT2D eigenvalue weighted by Crippen LogP contribution is -2.29. The monoisotopic (exact) mass is 414 g/mol. The number of anilines is 1. The Labute approximate surface area is 174 Å². The predicted molar refractivity (Wildman–Crippen MR) is 117 cm³/mol. The summed E-state index contributed by atoms with van der Waals surface area (Å²) in [7, 11) is 1.59. The topological polar surface area (TPSA) is 41.6 Å². The number of halogens is 1. The Morgan fingerprint density at radius 1 is 1.14 bits per heavy atom. The van der Waals surface area contributed by atoms with Gasteiger partial charge in [-0.1, -0.05) is 23.7 Å². The lowest BCUT2D eigenvalue weighted by atomic mass is 10.1. The van der Waals surface area contributed by atoms with E-state index in [2.05, 4.69) is 34.5 Å². The third-order valence-electron chi connectivity index (χ3n) is 5.13. The number of carbonyl (C=O) groups excluding carboxylic acids is 1. The molecule has 4 nitrogen and oxygen atoms in total. The van der Waals surface area contributed by atoms with Crippen LogP contribution in [0.25, 0.3) is 10.1 Å². The third kappa shape index (κ3) is 3.96. The first-order valence-corrected chi connectivity index (χ1v) is 10.7. The van der Waals surface area contributed by atoms with Crippen molar-refractivity contribution in [2.75, 3.05) is 25.1 Å². The fraction of sp³-hybridized carbons (Fsp3) is 0.318. The maximum Gasteiger partial charge on any atom is 0.265 e. The van der Waals surface area contributed by atoms with Crippen LogP contribution in [0.15, 0.2) is 42.5 Å². The van der Waals surface area contributed by atoms with Gasteiger partial charge in [0.15, 0.2) is 0 Å². The summed E-state index contributed by atoms with van der Waals surface area (Å²) in [5.41, 5.74) is 2.34. The summed E-state index contributed by atoms with van der Waals surface area (Å²) in [6.07, 6.45) is 3.86. The SMILES string of the molecule is COc1c(C(=O)NCc2ccc(N3CCCCC3)cc2)sc2cc(Cl)ccc12. The number of hydrogen-bond donors (Lipinski definition) is 1. The highest BCUT2D eigenvalue weighted by Gasteiger charge is 2.19. The molecule has 0 atom stereocenters. The minimum atomic E-state index is -0.130. The zero-order valence-corrected chi connectivity index (χ0v) is 17.4. The molecule has 0 aliphatic carbocycles. The van der Waals surface area contributed by atoms with Gasteiger partial charge in [-0.15, -0.1) is 11.3 Å².